The molecule has 4 nitrogen and oxygen atoms in total. The van der Waals surface area contributed by atoms with Gasteiger partial charge in [-0.1, -0.05) is 39.0 Å². The molecule has 132 valence electrons. The molecule has 2 aromatic rings. The van der Waals surface area contributed by atoms with E-state index in [1.807, 2.05) is 29.2 Å². The highest BCUT2D eigenvalue weighted by atomic mass is 16.3. The molecule has 0 bridgehead atoms. The first-order valence-electron chi connectivity index (χ1n) is 8.79. The molecular formula is C21H26N2O2. The third-order valence-corrected chi connectivity index (χ3v) is 4.63. The average Bonchev–Trinajstić information content (AvgIpc) is 2.61. The number of nitrogens with zero attached hydrogens (tertiary/aromatic N) is 1. The number of amides is 1. The summed E-state index contributed by atoms with van der Waals surface area (Å²) in [7, 11) is 0. The van der Waals surface area contributed by atoms with Crippen molar-refractivity contribution in [2.24, 2.45) is 0 Å². The largest absolute Gasteiger partial charge is 0.508 e. The zero-order valence-corrected chi connectivity index (χ0v) is 15.2. The summed E-state index contributed by atoms with van der Waals surface area (Å²) in [5.74, 6) is 0.308. The van der Waals surface area contributed by atoms with E-state index in [1.54, 1.807) is 12.1 Å². The first-order chi connectivity index (χ1) is 11.8. The van der Waals surface area contributed by atoms with Crippen LogP contribution in [-0.2, 0) is 5.41 Å². The number of hydrogen-bond acceptors (Lipinski definition) is 3. The minimum Gasteiger partial charge on any atom is -0.508 e. The maximum atomic E-state index is 13.0. The average molecular weight is 338 g/mol. The van der Waals surface area contributed by atoms with Crippen molar-refractivity contribution in [2.45, 2.75) is 26.2 Å². The van der Waals surface area contributed by atoms with Crippen LogP contribution in [0, 0.1) is 0 Å². The standard InChI is InChI=1S/C21H26N2O2/c1-21(2,3)18-12-16(15-5-4-6-19(24)14-15)11-17(13-18)20(25)23-9-7-22-8-10-23/h4-6,11-14,22,24H,7-10H2,1-3H3. The van der Waals surface area contributed by atoms with Crippen LogP contribution in [0.3, 0.4) is 0 Å². The number of phenols is 1. The highest BCUT2D eigenvalue weighted by molar-refractivity contribution is 5.96. The smallest absolute Gasteiger partial charge is 0.253 e. The minimum absolute atomic E-state index is 0.0642. The molecule has 3 rings (SSSR count). The Bertz CT molecular complexity index is 772. The Hall–Kier alpha value is -2.33. The molecule has 1 heterocycles. The lowest BCUT2D eigenvalue weighted by Gasteiger charge is -2.28. The second-order valence-corrected chi connectivity index (χ2v) is 7.64. The Morgan fingerprint density at radius 2 is 1.76 bits per heavy atom. The summed E-state index contributed by atoms with van der Waals surface area (Å²) in [5, 5.41) is 13.1. The van der Waals surface area contributed by atoms with Gasteiger partial charge in [0.05, 0.1) is 0 Å². The van der Waals surface area contributed by atoms with Crippen LogP contribution in [0.1, 0.15) is 36.7 Å². The molecule has 25 heavy (non-hydrogen) atoms. The highest BCUT2D eigenvalue weighted by Gasteiger charge is 2.22. The van der Waals surface area contributed by atoms with Gasteiger partial charge in [-0.25, -0.2) is 0 Å². The van der Waals surface area contributed by atoms with Crippen molar-refractivity contribution in [3.8, 4) is 16.9 Å². The summed E-state index contributed by atoms with van der Waals surface area (Å²) in [5.41, 5.74) is 3.65. The minimum atomic E-state index is -0.0642. The van der Waals surface area contributed by atoms with Gasteiger partial charge in [-0.15, -0.1) is 0 Å². The lowest BCUT2D eigenvalue weighted by Crippen LogP contribution is -2.46. The molecule has 0 aliphatic carbocycles. The van der Waals surface area contributed by atoms with Gasteiger partial charge in [0.1, 0.15) is 5.75 Å². The van der Waals surface area contributed by atoms with Crippen LogP contribution < -0.4 is 5.32 Å². The van der Waals surface area contributed by atoms with Crippen LogP contribution in [0.25, 0.3) is 11.1 Å². The highest BCUT2D eigenvalue weighted by Crippen LogP contribution is 2.31. The normalized spacial score (nSPS) is 15.2. The first kappa shape index (κ1) is 17.5. The number of carbonyl (C=O) groups excluding carboxylic acids is 1. The number of piperazine rings is 1. The van der Waals surface area contributed by atoms with Crippen molar-refractivity contribution in [3.05, 3.63) is 53.6 Å². The molecule has 0 spiro atoms. The van der Waals surface area contributed by atoms with Gasteiger partial charge in [-0.2, -0.15) is 0 Å². The molecule has 0 aromatic heterocycles. The lowest BCUT2D eigenvalue weighted by molar-refractivity contribution is 0.0735. The second-order valence-electron chi connectivity index (χ2n) is 7.64. The molecule has 0 unspecified atom stereocenters. The number of rotatable bonds is 2. The number of phenolic OH excluding ortho intramolecular Hbond substituents is 1. The van der Waals surface area contributed by atoms with E-state index in [0.29, 0.717) is 5.56 Å². The molecule has 0 atom stereocenters. The summed E-state index contributed by atoms with van der Waals surface area (Å²) < 4.78 is 0. The summed E-state index contributed by atoms with van der Waals surface area (Å²) in [4.78, 5) is 14.9. The van der Waals surface area contributed by atoms with E-state index >= 15 is 0 Å². The lowest BCUT2D eigenvalue weighted by atomic mass is 9.84. The van der Waals surface area contributed by atoms with Crippen molar-refractivity contribution in [1.29, 1.82) is 0 Å². The van der Waals surface area contributed by atoms with Gasteiger partial charge < -0.3 is 15.3 Å². The molecule has 2 aromatic carbocycles. The molecule has 0 saturated carbocycles. The molecule has 1 amide bonds. The van der Waals surface area contributed by atoms with E-state index in [0.717, 1.165) is 42.9 Å². The van der Waals surface area contributed by atoms with Crippen LogP contribution >= 0.6 is 0 Å². The number of benzene rings is 2. The number of carbonyl (C=O) groups is 1. The SMILES string of the molecule is CC(C)(C)c1cc(C(=O)N2CCNCC2)cc(-c2cccc(O)c2)c1. The van der Waals surface area contributed by atoms with E-state index in [1.165, 1.54) is 0 Å². The molecule has 0 radical (unpaired) electrons. The third-order valence-electron chi connectivity index (χ3n) is 4.63. The third kappa shape index (κ3) is 4.02. The van der Waals surface area contributed by atoms with Gasteiger partial charge in [0, 0.05) is 31.7 Å². The van der Waals surface area contributed by atoms with Gasteiger partial charge >= 0.3 is 0 Å². The molecule has 2 N–H and O–H groups in total. The van der Waals surface area contributed by atoms with Crippen LogP contribution in [0.4, 0.5) is 0 Å². The molecular weight excluding hydrogens is 312 g/mol. The maximum absolute atomic E-state index is 13.0. The monoisotopic (exact) mass is 338 g/mol. The molecule has 1 aliphatic heterocycles. The summed E-state index contributed by atoms with van der Waals surface area (Å²) >= 11 is 0. The zero-order chi connectivity index (χ0) is 18.0. The van der Waals surface area contributed by atoms with Gasteiger partial charge in [0.2, 0.25) is 0 Å². The predicted octanol–water partition coefficient (Wildman–Crippen LogP) is 3.40. The number of aromatic hydroxyl groups is 1. The van der Waals surface area contributed by atoms with Crippen LogP contribution in [0.5, 0.6) is 5.75 Å². The van der Waals surface area contributed by atoms with E-state index in [2.05, 4.69) is 32.2 Å². The van der Waals surface area contributed by atoms with Crippen molar-refractivity contribution in [3.63, 3.8) is 0 Å². The van der Waals surface area contributed by atoms with Crippen LogP contribution in [0.15, 0.2) is 42.5 Å². The van der Waals surface area contributed by atoms with Gasteiger partial charge in [0.15, 0.2) is 0 Å². The van der Waals surface area contributed by atoms with Gasteiger partial charge in [-0.3, -0.25) is 4.79 Å². The van der Waals surface area contributed by atoms with Crippen LogP contribution in [0.2, 0.25) is 0 Å². The quantitative estimate of drug-likeness (QED) is 0.882. The maximum Gasteiger partial charge on any atom is 0.253 e. The molecule has 4 heteroatoms. The Labute approximate surface area is 149 Å². The molecule has 1 fully saturated rings. The van der Waals surface area contributed by atoms with Gasteiger partial charge in [0.25, 0.3) is 5.91 Å². The Balaban J connectivity index is 2.05. The number of nitrogens with one attached hydrogen (secondary N) is 1. The van der Waals surface area contributed by atoms with Crippen LogP contribution in [-0.4, -0.2) is 42.1 Å². The predicted molar refractivity (Wildman–Crippen MR) is 101 cm³/mol. The molecule has 1 saturated heterocycles. The van der Waals surface area contributed by atoms with Crippen molar-refractivity contribution in [2.75, 3.05) is 26.2 Å². The van der Waals surface area contributed by atoms with E-state index in [9.17, 15) is 9.90 Å². The number of hydrogen-bond donors (Lipinski definition) is 2. The summed E-state index contributed by atoms with van der Waals surface area (Å²) in [6.07, 6.45) is 0. The van der Waals surface area contributed by atoms with Crippen molar-refractivity contribution < 1.29 is 9.90 Å². The van der Waals surface area contributed by atoms with E-state index in [-0.39, 0.29) is 17.1 Å². The molecule has 1 aliphatic rings. The Kier molecular flexibility index (Phi) is 4.82. The fourth-order valence-electron chi connectivity index (χ4n) is 3.09. The Morgan fingerprint density at radius 3 is 2.40 bits per heavy atom. The second kappa shape index (κ2) is 6.89. The topological polar surface area (TPSA) is 52.6 Å². The van der Waals surface area contributed by atoms with E-state index < -0.39 is 0 Å². The Morgan fingerprint density at radius 1 is 1.04 bits per heavy atom. The zero-order valence-electron chi connectivity index (χ0n) is 15.2. The summed E-state index contributed by atoms with van der Waals surface area (Å²) in [6, 6.07) is 13.2. The van der Waals surface area contributed by atoms with Crippen molar-refractivity contribution >= 4 is 5.91 Å². The van der Waals surface area contributed by atoms with Crippen molar-refractivity contribution in [1.82, 2.24) is 10.2 Å². The summed E-state index contributed by atoms with van der Waals surface area (Å²) in [6.45, 7) is 9.59. The fraction of sp³-hybridized carbons (Fsp3) is 0.381. The first-order valence-corrected chi connectivity index (χ1v) is 8.79. The van der Waals surface area contributed by atoms with Gasteiger partial charge in [-0.05, 0) is 46.4 Å². The van der Waals surface area contributed by atoms with E-state index in [4.69, 9.17) is 0 Å². The fourth-order valence-corrected chi connectivity index (χ4v) is 3.09.